The molecule has 142 valence electrons. The van der Waals surface area contributed by atoms with Gasteiger partial charge in [-0.2, -0.15) is 0 Å². The molecular formula is C20H16N2O5S. The molecule has 0 aliphatic heterocycles. The van der Waals surface area contributed by atoms with Crippen LogP contribution >= 0.6 is 0 Å². The predicted octanol–water partition coefficient (Wildman–Crippen LogP) is 3.30. The number of hydrogen-bond donors (Lipinski definition) is 1. The standard InChI is InChI=1S/C20H16N2O5S/c23-20(21-28(26,27)19-9-5-4-8-18(19)22(24)25)17-12-10-16(11-13-17)14-15-6-2-1-3-7-15/h1-13H,14H2,(H,21,23). The first-order valence-corrected chi connectivity index (χ1v) is 9.78. The lowest BCUT2D eigenvalue weighted by Gasteiger charge is -2.08. The van der Waals surface area contributed by atoms with E-state index in [0.717, 1.165) is 23.3 Å². The van der Waals surface area contributed by atoms with E-state index in [2.05, 4.69) is 0 Å². The summed E-state index contributed by atoms with van der Waals surface area (Å²) in [4.78, 5) is 22.0. The van der Waals surface area contributed by atoms with Crippen LogP contribution in [0.1, 0.15) is 21.5 Å². The average Bonchev–Trinajstić information content (AvgIpc) is 2.69. The molecule has 0 aromatic heterocycles. The first kappa shape index (κ1) is 19.2. The number of rotatable bonds is 6. The van der Waals surface area contributed by atoms with Gasteiger partial charge in [0.05, 0.1) is 4.92 Å². The summed E-state index contributed by atoms with van der Waals surface area (Å²) >= 11 is 0. The lowest BCUT2D eigenvalue weighted by molar-refractivity contribution is -0.387. The van der Waals surface area contributed by atoms with Gasteiger partial charge in [-0.25, -0.2) is 13.1 Å². The maximum absolute atomic E-state index is 12.4. The molecule has 0 saturated heterocycles. The number of nitro benzene ring substituents is 1. The van der Waals surface area contributed by atoms with E-state index in [4.69, 9.17) is 0 Å². The van der Waals surface area contributed by atoms with Gasteiger partial charge in [0.15, 0.2) is 4.90 Å². The summed E-state index contributed by atoms with van der Waals surface area (Å²) in [6, 6.07) is 21.1. The molecule has 3 rings (SSSR count). The summed E-state index contributed by atoms with van der Waals surface area (Å²) in [6.07, 6.45) is 0.678. The molecule has 0 spiro atoms. The summed E-state index contributed by atoms with van der Waals surface area (Å²) in [7, 11) is -4.38. The topological polar surface area (TPSA) is 106 Å². The Hall–Kier alpha value is -3.52. The number of hydrogen-bond acceptors (Lipinski definition) is 5. The fourth-order valence-corrected chi connectivity index (χ4v) is 3.82. The van der Waals surface area contributed by atoms with Gasteiger partial charge < -0.3 is 0 Å². The highest BCUT2D eigenvalue weighted by atomic mass is 32.2. The molecule has 0 atom stereocenters. The number of sulfonamides is 1. The lowest BCUT2D eigenvalue weighted by atomic mass is 10.0. The number of para-hydroxylation sites is 1. The van der Waals surface area contributed by atoms with Crippen molar-refractivity contribution in [3.8, 4) is 0 Å². The normalized spacial score (nSPS) is 11.0. The van der Waals surface area contributed by atoms with Gasteiger partial charge in [0.1, 0.15) is 0 Å². The molecule has 8 heteroatoms. The number of benzene rings is 3. The Kier molecular flexibility index (Phi) is 5.51. The zero-order valence-corrected chi connectivity index (χ0v) is 15.4. The Morgan fingerprint density at radius 2 is 1.43 bits per heavy atom. The summed E-state index contributed by atoms with van der Waals surface area (Å²) in [6.45, 7) is 0. The molecule has 0 heterocycles. The van der Waals surface area contributed by atoms with E-state index in [-0.39, 0.29) is 5.56 Å². The van der Waals surface area contributed by atoms with Gasteiger partial charge in [-0.3, -0.25) is 14.9 Å². The number of amides is 1. The van der Waals surface area contributed by atoms with Crippen molar-refractivity contribution < 1.29 is 18.1 Å². The second-order valence-electron chi connectivity index (χ2n) is 6.02. The minimum Gasteiger partial charge on any atom is -0.268 e. The Labute approximate surface area is 161 Å². The van der Waals surface area contributed by atoms with Crippen molar-refractivity contribution in [3.63, 3.8) is 0 Å². The van der Waals surface area contributed by atoms with E-state index < -0.39 is 31.4 Å². The molecule has 28 heavy (non-hydrogen) atoms. The van der Waals surface area contributed by atoms with Crippen molar-refractivity contribution in [3.05, 3.63) is 106 Å². The quantitative estimate of drug-likeness (QED) is 0.508. The Bertz CT molecular complexity index is 1110. The van der Waals surface area contributed by atoms with Crippen molar-refractivity contribution in [1.29, 1.82) is 0 Å². The van der Waals surface area contributed by atoms with Gasteiger partial charge in [0, 0.05) is 11.6 Å². The molecular weight excluding hydrogens is 380 g/mol. The molecule has 0 aliphatic rings. The van der Waals surface area contributed by atoms with Gasteiger partial charge in [0.2, 0.25) is 0 Å². The third-order valence-electron chi connectivity index (χ3n) is 4.05. The maximum atomic E-state index is 12.4. The van der Waals surface area contributed by atoms with E-state index >= 15 is 0 Å². The number of carbonyl (C=O) groups is 1. The molecule has 0 unspecified atom stereocenters. The van der Waals surface area contributed by atoms with Crippen LogP contribution in [0, 0.1) is 10.1 Å². The zero-order chi connectivity index (χ0) is 20.1. The van der Waals surface area contributed by atoms with E-state index in [1.165, 1.54) is 24.3 Å². The lowest BCUT2D eigenvalue weighted by Crippen LogP contribution is -2.31. The highest BCUT2D eigenvalue weighted by Crippen LogP contribution is 2.23. The SMILES string of the molecule is O=C(NS(=O)(=O)c1ccccc1[N+](=O)[O-])c1ccc(Cc2ccccc2)cc1. The highest BCUT2D eigenvalue weighted by Gasteiger charge is 2.27. The Balaban J connectivity index is 1.77. The summed E-state index contributed by atoms with van der Waals surface area (Å²) in [5.74, 6) is -0.857. The van der Waals surface area contributed by atoms with Crippen molar-refractivity contribution in [2.75, 3.05) is 0 Å². The predicted molar refractivity (Wildman–Crippen MR) is 103 cm³/mol. The molecule has 3 aromatic rings. The van der Waals surface area contributed by atoms with Gasteiger partial charge in [-0.05, 0) is 35.7 Å². The fraction of sp³-hybridized carbons (Fsp3) is 0.0500. The van der Waals surface area contributed by atoms with Crippen molar-refractivity contribution in [2.45, 2.75) is 11.3 Å². The van der Waals surface area contributed by atoms with Crippen LogP contribution in [-0.2, 0) is 16.4 Å². The minimum absolute atomic E-state index is 0.138. The first-order chi connectivity index (χ1) is 13.4. The highest BCUT2D eigenvalue weighted by molar-refractivity contribution is 7.90. The van der Waals surface area contributed by atoms with Crippen LogP contribution in [0.4, 0.5) is 5.69 Å². The maximum Gasteiger partial charge on any atom is 0.289 e. The van der Waals surface area contributed by atoms with Crippen LogP contribution in [0.2, 0.25) is 0 Å². The zero-order valence-electron chi connectivity index (χ0n) is 14.6. The van der Waals surface area contributed by atoms with Gasteiger partial charge >= 0.3 is 0 Å². The van der Waals surface area contributed by atoms with E-state index in [9.17, 15) is 23.3 Å². The molecule has 0 radical (unpaired) electrons. The number of nitro groups is 1. The number of nitrogens with zero attached hydrogens (tertiary/aromatic N) is 1. The van der Waals surface area contributed by atoms with Crippen LogP contribution in [0.25, 0.3) is 0 Å². The minimum atomic E-state index is -4.38. The van der Waals surface area contributed by atoms with Gasteiger partial charge in [0.25, 0.3) is 21.6 Å². The van der Waals surface area contributed by atoms with Crippen LogP contribution in [0.5, 0.6) is 0 Å². The van der Waals surface area contributed by atoms with Gasteiger partial charge in [-0.1, -0.05) is 54.6 Å². The van der Waals surface area contributed by atoms with E-state index in [1.54, 1.807) is 12.1 Å². The summed E-state index contributed by atoms with van der Waals surface area (Å²) in [5.41, 5.74) is 1.61. The van der Waals surface area contributed by atoms with Crippen LogP contribution in [0.15, 0.2) is 83.8 Å². The van der Waals surface area contributed by atoms with E-state index in [1.807, 2.05) is 35.1 Å². The van der Waals surface area contributed by atoms with Crippen LogP contribution < -0.4 is 4.72 Å². The van der Waals surface area contributed by atoms with Crippen molar-refractivity contribution in [2.24, 2.45) is 0 Å². The largest absolute Gasteiger partial charge is 0.289 e. The molecule has 0 bridgehead atoms. The fourth-order valence-electron chi connectivity index (χ4n) is 2.68. The monoisotopic (exact) mass is 396 g/mol. The van der Waals surface area contributed by atoms with Gasteiger partial charge in [-0.15, -0.1) is 0 Å². The summed E-state index contributed by atoms with van der Waals surface area (Å²) < 4.78 is 26.7. The molecule has 3 aromatic carbocycles. The Morgan fingerprint density at radius 1 is 0.857 bits per heavy atom. The molecule has 0 fully saturated rings. The van der Waals surface area contributed by atoms with Crippen molar-refractivity contribution in [1.82, 2.24) is 4.72 Å². The molecule has 7 nitrogen and oxygen atoms in total. The number of carbonyl (C=O) groups excluding carboxylic acids is 1. The number of nitrogens with one attached hydrogen (secondary N) is 1. The second-order valence-corrected chi connectivity index (χ2v) is 7.67. The molecule has 0 saturated carbocycles. The van der Waals surface area contributed by atoms with Crippen molar-refractivity contribution >= 4 is 21.6 Å². The average molecular weight is 396 g/mol. The molecule has 1 amide bonds. The van der Waals surface area contributed by atoms with Crippen LogP contribution in [0.3, 0.4) is 0 Å². The summed E-state index contributed by atoms with van der Waals surface area (Å²) in [5, 5.41) is 11.0. The third kappa shape index (κ3) is 4.41. The molecule has 1 N–H and O–H groups in total. The Morgan fingerprint density at radius 3 is 2.07 bits per heavy atom. The first-order valence-electron chi connectivity index (χ1n) is 8.30. The van der Waals surface area contributed by atoms with Crippen LogP contribution in [-0.4, -0.2) is 19.2 Å². The second kappa shape index (κ2) is 8.01. The van der Waals surface area contributed by atoms with E-state index in [0.29, 0.717) is 6.42 Å². The molecule has 0 aliphatic carbocycles. The smallest absolute Gasteiger partial charge is 0.268 e. The third-order valence-corrected chi connectivity index (χ3v) is 5.42.